The number of halogens is 3. The van der Waals surface area contributed by atoms with Crippen LogP contribution in [0.2, 0.25) is 5.02 Å². The van der Waals surface area contributed by atoms with Crippen LogP contribution in [0.15, 0.2) is 47.1 Å². The van der Waals surface area contributed by atoms with Crippen molar-refractivity contribution in [2.75, 3.05) is 11.0 Å². The van der Waals surface area contributed by atoms with Crippen molar-refractivity contribution >= 4 is 55.9 Å². The maximum atomic E-state index is 6.88. The third-order valence-corrected chi connectivity index (χ3v) is 6.43. The fourth-order valence-corrected chi connectivity index (χ4v) is 5.15. The van der Waals surface area contributed by atoms with Crippen molar-refractivity contribution in [3.63, 3.8) is 0 Å². The first-order valence-electron chi connectivity index (χ1n) is 8.26. The SMILES string of the molecule is Clc1ccc2c(c1)N(Cl)[C@H](c1c[nH]c3ccc(Br)cc13)[C@@H]1CCO[C@H]21. The standard InChI is InChI=1S/C19H15BrCl2N2O/c20-10-1-4-16-14(7-10)15(9-23-16)18-13-5-6-25-19(13)12-3-2-11(21)8-17(12)24(18)22/h1-4,7-9,13,18-19,23H,5-6H2/t13-,18-,19+/m0/s1. The maximum Gasteiger partial charge on any atom is 0.0897 e. The van der Waals surface area contributed by atoms with Crippen molar-refractivity contribution in [1.29, 1.82) is 0 Å². The predicted octanol–water partition coefficient (Wildman–Crippen LogP) is 6.38. The quantitative estimate of drug-likeness (QED) is 0.447. The average Bonchev–Trinajstić information content (AvgIpc) is 3.23. The van der Waals surface area contributed by atoms with E-state index in [2.05, 4.69) is 39.2 Å². The third-order valence-electron chi connectivity index (χ3n) is 5.31. The number of hydrogen-bond acceptors (Lipinski definition) is 2. The van der Waals surface area contributed by atoms with Gasteiger partial charge in [0.25, 0.3) is 0 Å². The molecule has 1 fully saturated rings. The van der Waals surface area contributed by atoms with E-state index in [1.54, 1.807) is 0 Å². The molecule has 25 heavy (non-hydrogen) atoms. The molecule has 2 aromatic carbocycles. The average molecular weight is 438 g/mol. The minimum Gasteiger partial charge on any atom is -0.373 e. The van der Waals surface area contributed by atoms with E-state index in [-0.39, 0.29) is 12.1 Å². The summed E-state index contributed by atoms with van der Waals surface area (Å²) in [5, 5.41) is 1.86. The monoisotopic (exact) mass is 436 g/mol. The number of anilines is 1. The van der Waals surface area contributed by atoms with Crippen molar-refractivity contribution in [3.05, 3.63) is 63.2 Å². The van der Waals surface area contributed by atoms with E-state index in [4.69, 9.17) is 28.1 Å². The van der Waals surface area contributed by atoms with Crippen LogP contribution in [0.1, 0.15) is 29.7 Å². The van der Waals surface area contributed by atoms with Crippen molar-refractivity contribution in [2.24, 2.45) is 5.92 Å². The van der Waals surface area contributed by atoms with Gasteiger partial charge in [0.15, 0.2) is 0 Å². The molecule has 2 aliphatic heterocycles. The topological polar surface area (TPSA) is 28.3 Å². The summed E-state index contributed by atoms with van der Waals surface area (Å²) in [7, 11) is 0. The Labute approximate surface area is 164 Å². The summed E-state index contributed by atoms with van der Waals surface area (Å²) >= 11 is 16.7. The highest BCUT2D eigenvalue weighted by Gasteiger charge is 2.45. The van der Waals surface area contributed by atoms with Crippen LogP contribution in [0.4, 0.5) is 5.69 Å². The summed E-state index contributed by atoms with van der Waals surface area (Å²) < 4.78 is 8.99. The molecule has 0 spiro atoms. The van der Waals surface area contributed by atoms with E-state index < -0.39 is 0 Å². The molecule has 3 heterocycles. The molecule has 0 radical (unpaired) electrons. The van der Waals surface area contributed by atoms with Gasteiger partial charge < -0.3 is 9.72 Å². The fraction of sp³-hybridized carbons (Fsp3) is 0.263. The molecule has 5 rings (SSSR count). The molecule has 0 saturated carbocycles. The van der Waals surface area contributed by atoms with Gasteiger partial charge in [0.2, 0.25) is 0 Å². The highest BCUT2D eigenvalue weighted by atomic mass is 79.9. The van der Waals surface area contributed by atoms with Crippen LogP contribution in [-0.4, -0.2) is 11.6 Å². The fourth-order valence-electron chi connectivity index (χ4n) is 4.22. The van der Waals surface area contributed by atoms with Crippen molar-refractivity contribution < 1.29 is 4.74 Å². The molecule has 6 heteroatoms. The number of fused-ring (bicyclic) bond motifs is 4. The Bertz CT molecular complexity index is 973. The van der Waals surface area contributed by atoms with E-state index >= 15 is 0 Å². The predicted molar refractivity (Wildman–Crippen MR) is 105 cm³/mol. The van der Waals surface area contributed by atoms with Crippen molar-refractivity contribution in [1.82, 2.24) is 4.98 Å². The summed E-state index contributed by atoms with van der Waals surface area (Å²) in [6.45, 7) is 0.755. The smallest absolute Gasteiger partial charge is 0.0897 e. The Morgan fingerprint density at radius 1 is 1.16 bits per heavy atom. The van der Waals surface area contributed by atoms with Gasteiger partial charge in [-0.25, -0.2) is 0 Å². The molecule has 1 saturated heterocycles. The van der Waals surface area contributed by atoms with E-state index in [1.807, 2.05) is 28.7 Å². The minimum absolute atomic E-state index is 0.0307. The Morgan fingerprint density at radius 3 is 2.92 bits per heavy atom. The number of ether oxygens (including phenoxy) is 1. The Hall–Kier alpha value is -1.20. The van der Waals surface area contributed by atoms with Crippen LogP contribution in [0.25, 0.3) is 10.9 Å². The number of H-pyrrole nitrogens is 1. The van der Waals surface area contributed by atoms with Gasteiger partial charge in [-0.1, -0.05) is 33.6 Å². The summed E-state index contributed by atoms with van der Waals surface area (Å²) in [6.07, 6.45) is 3.12. The van der Waals surface area contributed by atoms with Crippen LogP contribution in [-0.2, 0) is 4.74 Å². The zero-order chi connectivity index (χ0) is 17.1. The molecule has 3 nitrogen and oxygen atoms in total. The molecule has 3 atom stereocenters. The molecule has 3 aromatic rings. The van der Waals surface area contributed by atoms with Gasteiger partial charge in [-0.2, -0.15) is 0 Å². The summed E-state index contributed by atoms with van der Waals surface area (Å²) in [6, 6.07) is 12.2. The molecule has 2 aliphatic rings. The van der Waals surface area contributed by atoms with Gasteiger partial charge in [0.1, 0.15) is 0 Å². The largest absolute Gasteiger partial charge is 0.373 e. The Morgan fingerprint density at radius 2 is 2.04 bits per heavy atom. The third kappa shape index (κ3) is 2.42. The Kier molecular flexibility index (Phi) is 3.79. The Balaban J connectivity index is 1.71. The van der Waals surface area contributed by atoms with Crippen LogP contribution < -0.4 is 4.42 Å². The molecule has 128 valence electrons. The lowest BCUT2D eigenvalue weighted by atomic mass is 9.81. The van der Waals surface area contributed by atoms with Crippen LogP contribution in [0.5, 0.6) is 0 Å². The second-order valence-corrected chi connectivity index (χ2v) is 8.35. The molecule has 0 bridgehead atoms. The van der Waals surface area contributed by atoms with Gasteiger partial charge in [-0.15, -0.1) is 0 Å². The lowest BCUT2D eigenvalue weighted by Crippen LogP contribution is -2.33. The lowest BCUT2D eigenvalue weighted by molar-refractivity contribution is 0.0809. The number of rotatable bonds is 1. The molecule has 0 amide bonds. The zero-order valence-corrected chi connectivity index (χ0v) is 16.3. The molecule has 0 aliphatic carbocycles. The normalized spacial score (nSPS) is 25.2. The van der Waals surface area contributed by atoms with E-state index in [0.29, 0.717) is 10.9 Å². The summed E-state index contributed by atoms with van der Waals surface area (Å²) in [5.74, 6) is 0.309. The highest BCUT2D eigenvalue weighted by Crippen LogP contribution is 2.55. The number of nitrogens with zero attached hydrogens (tertiary/aromatic N) is 1. The lowest BCUT2D eigenvalue weighted by Gasteiger charge is -2.40. The van der Waals surface area contributed by atoms with E-state index in [9.17, 15) is 0 Å². The number of benzene rings is 2. The number of hydrogen-bond donors (Lipinski definition) is 1. The first-order chi connectivity index (χ1) is 12.1. The molecular weight excluding hydrogens is 423 g/mol. The van der Waals surface area contributed by atoms with Gasteiger partial charge in [0.05, 0.1) is 17.8 Å². The van der Waals surface area contributed by atoms with Gasteiger partial charge in [-0.05, 0) is 36.8 Å². The number of aromatic amines is 1. The molecule has 1 N–H and O–H groups in total. The first kappa shape index (κ1) is 16.0. The zero-order valence-electron chi connectivity index (χ0n) is 13.2. The minimum atomic E-state index is 0.0307. The second-order valence-electron chi connectivity index (χ2n) is 6.64. The van der Waals surface area contributed by atoms with Crippen molar-refractivity contribution in [2.45, 2.75) is 18.6 Å². The second kappa shape index (κ2) is 5.92. The highest BCUT2D eigenvalue weighted by molar-refractivity contribution is 9.10. The molecule has 0 unspecified atom stereocenters. The van der Waals surface area contributed by atoms with Gasteiger partial charge in [-0.3, -0.25) is 4.42 Å². The molecular formula is C19H15BrCl2N2O. The van der Waals surface area contributed by atoms with Crippen LogP contribution in [0.3, 0.4) is 0 Å². The summed E-state index contributed by atoms with van der Waals surface area (Å²) in [5.41, 5.74) is 4.36. The van der Waals surface area contributed by atoms with E-state index in [0.717, 1.165) is 34.3 Å². The first-order valence-corrected chi connectivity index (χ1v) is 9.77. The van der Waals surface area contributed by atoms with E-state index in [1.165, 1.54) is 10.9 Å². The number of aromatic nitrogens is 1. The van der Waals surface area contributed by atoms with Gasteiger partial charge >= 0.3 is 0 Å². The van der Waals surface area contributed by atoms with Crippen LogP contribution in [0, 0.1) is 5.92 Å². The molecule has 1 aromatic heterocycles. The van der Waals surface area contributed by atoms with Gasteiger partial charge in [0, 0.05) is 62.0 Å². The number of nitrogens with one attached hydrogen (secondary N) is 1. The summed E-state index contributed by atoms with van der Waals surface area (Å²) in [4.78, 5) is 3.38. The van der Waals surface area contributed by atoms with Crippen molar-refractivity contribution in [3.8, 4) is 0 Å². The maximum absolute atomic E-state index is 6.88. The van der Waals surface area contributed by atoms with Crippen LogP contribution >= 0.6 is 39.3 Å².